The van der Waals surface area contributed by atoms with Crippen molar-refractivity contribution in [1.82, 2.24) is 10.0 Å². The predicted octanol–water partition coefficient (Wildman–Crippen LogP) is 0.847. The molecule has 2 rings (SSSR count). The Balaban J connectivity index is 2.29. The highest BCUT2D eigenvalue weighted by Gasteiger charge is 2.31. The van der Waals surface area contributed by atoms with E-state index in [0.29, 0.717) is 26.3 Å². The van der Waals surface area contributed by atoms with Gasteiger partial charge in [0.15, 0.2) is 0 Å². The zero-order valence-corrected chi connectivity index (χ0v) is 13.3. The van der Waals surface area contributed by atoms with E-state index in [4.69, 9.17) is 9.47 Å². The molecule has 1 aromatic rings. The van der Waals surface area contributed by atoms with Gasteiger partial charge in [-0.2, -0.15) is 0 Å². The summed E-state index contributed by atoms with van der Waals surface area (Å²) in [7, 11) is 0. The maximum atomic E-state index is 12.8. The molecule has 0 atom stereocenters. The number of hydrazine groups is 1. The van der Waals surface area contributed by atoms with Gasteiger partial charge < -0.3 is 9.47 Å². The Morgan fingerprint density at radius 2 is 2.00 bits per heavy atom. The number of nitro groups is 1. The molecule has 1 aliphatic rings. The number of carbonyl (C=O) groups excluding carboxylic acids is 2. The molecular formula is C15H19N3O6. The van der Waals surface area contributed by atoms with Crippen LogP contribution in [0.3, 0.4) is 0 Å². The Morgan fingerprint density at radius 1 is 1.33 bits per heavy atom. The summed E-state index contributed by atoms with van der Waals surface area (Å²) in [5.41, 5.74) is -0.372. The van der Waals surface area contributed by atoms with Crippen molar-refractivity contribution in [2.45, 2.75) is 6.92 Å². The van der Waals surface area contributed by atoms with Gasteiger partial charge in [-0.05, 0) is 13.0 Å². The molecule has 0 aliphatic carbocycles. The number of amides is 1. The van der Waals surface area contributed by atoms with E-state index >= 15 is 0 Å². The summed E-state index contributed by atoms with van der Waals surface area (Å²) in [6.07, 6.45) is 0. The molecule has 130 valence electrons. The third-order valence-corrected chi connectivity index (χ3v) is 3.48. The summed E-state index contributed by atoms with van der Waals surface area (Å²) >= 11 is 0. The van der Waals surface area contributed by atoms with Crippen molar-refractivity contribution in [3.05, 3.63) is 39.9 Å². The Morgan fingerprint density at radius 3 is 2.62 bits per heavy atom. The summed E-state index contributed by atoms with van der Waals surface area (Å²) in [5.74, 6) is -1.19. The number of nitrogens with zero attached hydrogens (tertiary/aromatic N) is 3. The second-order valence-electron chi connectivity index (χ2n) is 5.01. The zero-order chi connectivity index (χ0) is 17.5. The van der Waals surface area contributed by atoms with Gasteiger partial charge in [0.25, 0.3) is 11.6 Å². The molecule has 1 aromatic carbocycles. The SMILES string of the molecule is CCOC(=O)CN(C(=O)c1ccccc1[N+](=O)[O-])N1CCOCC1. The molecule has 9 nitrogen and oxygen atoms in total. The second-order valence-corrected chi connectivity index (χ2v) is 5.01. The molecule has 1 aliphatic heterocycles. The lowest BCUT2D eigenvalue weighted by Gasteiger charge is -2.36. The number of para-hydroxylation sites is 1. The molecule has 1 heterocycles. The highest BCUT2D eigenvalue weighted by molar-refractivity contribution is 5.99. The number of benzene rings is 1. The Kier molecular flexibility index (Phi) is 6.21. The average Bonchev–Trinajstić information content (AvgIpc) is 2.60. The largest absolute Gasteiger partial charge is 0.465 e. The third kappa shape index (κ3) is 4.27. The normalized spacial score (nSPS) is 14.9. The molecule has 0 aromatic heterocycles. The van der Waals surface area contributed by atoms with E-state index in [1.54, 1.807) is 18.0 Å². The molecule has 1 saturated heterocycles. The third-order valence-electron chi connectivity index (χ3n) is 3.48. The topological polar surface area (TPSA) is 102 Å². The number of nitro benzene ring substituents is 1. The molecule has 0 radical (unpaired) electrons. The molecular weight excluding hydrogens is 318 g/mol. The first-order valence-corrected chi connectivity index (χ1v) is 7.58. The molecule has 9 heteroatoms. The van der Waals surface area contributed by atoms with Crippen molar-refractivity contribution in [3.8, 4) is 0 Å². The van der Waals surface area contributed by atoms with Crippen LogP contribution in [0.2, 0.25) is 0 Å². The monoisotopic (exact) mass is 337 g/mol. The van der Waals surface area contributed by atoms with Crippen molar-refractivity contribution in [2.75, 3.05) is 39.5 Å². The molecule has 0 spiro atoms. The summed E-state index contributed by atoms with van der Waals surface area (Å²) < 4.78 is 10.1. The van der Waals surface area contributed by atoms with Gasteiger partial charge in [0.2, 0.25) is 0 Å². The quantitative estimate of drug-likeness (QED) is 0.431. The average molecular weight is 337 g/mol. The molecule has 0 bridgehead atoms. The molecule has 24 heavy (non-hydrogen) atoms. The first-order chi connectivity index (χ1) is 11.5. The van der Waals surface area contributed by atoms with Crippen LogP contribution >= 0.6 is 0 Å². The second kappa shape index (κ2) is 8.37. The fourth-order valence-corrected chi connectivity index (χ4v) is 2.38. The lowest BCUT2D eigenvalue weighted by molar-refractivity contribution is -0.385. The van der Waals surface area contributed by atoms with Crippen molar-refractivity contribution in [1.29, 1.82) is 0 Å². The summed E-state index contributed by atoms with van der Waals surface area (Å²) in [6.45, 7) is 3.18. The van der Waals surface area contributed by atoms with Crippen molar-refractivity contribution in [3.63, 3.8) is 0 Å². The minimum Gasteiger partial charge on any atom is -0.465 e. The number of hydrogen-bond acceptors (Lipinski definition) is 7. The van der Waals surface area contributed by atoms with E-state index in [0.717, 1.165) is 0 Å². The summed E-state index contributed by atoms with van der Waals surface area (Å²) in [4.78, 5) is 35.2. The molecule has 0 saturated carbocycles. The maximum absolute atomic E-state index is 12.8. The lowest BCUT2D eigenvalue weighted by atomic mass is 10.1. The fraction of sp³-hybridized carbons (Fsp3) is 0.467. The summed E-state index contributed by atoms with van der Waals surface area (Å²) in [6, 6.07) is 5.66. The smallest absolute Gasteiger partial charge is 0.327 e. The van der Waals surface area contributed by atoms with Gasteiger partial charge in [0.1, 0.15) is 12.1 Å². The van der Waals surface area contributed by atoms with Crippen molar-refractivity contribution < 1.29 is 24.0 Å². The van der Waals surface area contributed by atoms with E-state index in [2.05, 4.69) is 0 Å². The minimum atomic E-state index is -0.616. The van der Waals surface area contributed by atoms with Crippen molar-refractivity contribution >= 4 is 17.6 Å². The number of carbonyl (C=O) groups is 2. The maximum Gasteiger partial charge on any atom is 0.327 e. The van der Waals surface area contributed by atoms with Gasteiger partial charge in [-0.25, -0.2) is 5.01 Å². The van der Waals surface area contributed by atoms with Crippen LogP contribution in [0.1, 0.15) is 17.3 Å². The number of rotatable bonds is 6. The highest BCUT2D eigenvalue weighted by Crippen LogP contribution is 2.21. The van der Waals surface area contributed by atoms with Gasteiger partial charge in [-0.1, -0.05) is 12.1 Å². The Labute approximate surface area is 138 Å². The Bertz CT molecular complexity index is 615. The van der Waals surface area contributed by atoms with Gasteiger partial charge in [0.05, 0.1) is 24.7 Å². The van der Waals surface area contributed by atoms with Crippen LogP contribution in [0.4, 0.5) is 5.69 Å². The van der Waals surface area contributed by atoms with E-state index in [9.17, 15) is 19.7 Å². The number of ether oxygens (including phenoxy) is 2. The first kappa shape index (κ1) is 17.8. The highest BCUT2D eigenvalue weighted by atomic mass is 16.6. The summed E-state index contributed by atoms with van der Waals surface area (Å²) in [5, 5.41) is 14.0. The molecule has 0 unspecified atom stereocenters. The number of esters is 1. The van der Waals surface area contributed by atoms with E-state index in [-0.39, 0.29) is 24.4 Å². The van der Waals surface area contributed by atoms with E-state index in [1.165, 1.54) is 23.2 Å². The van der Waals surface area contributed by atoms with E-state index in [1.807, 2.05) is 0 Å². The van der Waals surface area contributed by atoms with Crippen LogP contribution in [0, 0.1) is 10.1 Å². The number of hydrogen-bond donors (Lipinski definition) is 0. The van der Waals surface area contributed by atoms with Gasteiger partial charge in [0, 0.05) is 19.2 Å². The molecule has 1 fully saturated rings. The lowest BCUT2D eigenvalue weighted by Crippen LogP contribution is -2.53. The van der Waals surface area contributed by atoms with Gasteiger partial charge in [-0.3, -0.25) is 24.7 Å². The van der Waals surface area contributed by atoms with Crippen LogP contribution in [-0.2, 0) is 14.3 Å². The minimum absolute atomic E-state index is 0.0710. The predicted molar refractivity (Wildman–Crippen MR) is 83.2 cm³/mol. The van der Waals surface area contributed by atoms with Gasteiger partial charge >= 0.3 is 5.97 Å². The molecule has 1 amide bonds. The first-order valence-electron chi connectivity index (χ1n) is 7.58. The van der Waals surface area contributed by atoms with Crippen LogP contribution in [-0.4, -0.2) is 66.3 Å². The van der Waals surface area contributed by atoms with Crippen LogP contribution < -0.4 is 0 Å². The Hall–Kier alpha value is -2.52. The van der Waals surface area contributed by atoms with Gasteiger partial charge in [-0.15, -0.1) is 0 Å². The van der Waals surface area contributed by atoms with E-state index < -0.39 is 16.8 Å². The fourth-order valence-electron chi connectivity index (χ4n) is 2.38. The van der Waals surface area contributed by atoms with Crippen LogP contribution in [0.5, 0.6) is 0 Å². The van der Waals surface area contributed by atoms with Crippen LogP contribution in [0.25, 0.3) is 0 Å². The number of morpholine rings is 1. The standard InChI is InChI=1S/C15H19N3O6/c1-2-24-14(19)11-17(16-7-9-23-10-8-16)15(20)12-5-3-4-6-13(12)18(21)22/h3-6H,2,7-11H2,1H3. The molecule has 0 N–H and O–H groups in total. The zero-order valence-electron chi connectivity index (χ0n) is 13.3. The van der Waals surface area contributed by atoms with Crippen LogP contribution in [0.15, 0.2) is 24.3 Å². The van der Waals surface area contributed by atoms with Crippen molar-refractivity contribution in [2.24, 2.45) is 0 Å².